The first-order valence-corrected chi connectivity index (χ1v) is 8.47. The van der Waals surface area contributed by atoms with E-state index < -0.39 is 31.1 Å². The number of phenolic OH excluding ortho intramolecular Hbond substituents is 1. The van der Waals surface area contributed by atoms with Crippen LogP contribution in [0.3, 0.4) is 0 Å². The number of H-pyrrole nitrogens is 1. The van der Waals surface area contributed by atoms with Crippen LogP contribution in [0.25, 0.3) is 11.4 Å². The number of rotatable bonds is 5. The molecule has 3 rings (SSSR count). The molecule has 2 aromatic carbocycles. The highest BCUT2D eigenvalue weighted by Crippen LogP contribution is 2.39. The Hall–Kier alpha value is -3.54. The highest BCUT2D eigenvalue weighted by molar-refractivity contribution is 7.91. The van der Waals surface area contributed by atoms with E-state index in [0.29, 0.717) is 5.56 Å². The molecule has 11 nitrogen and oxygen atoms in total. The molecule has 0 fully saturated rings. The van der Waals surface area contributed by atoms with Crippen molar-refractivity contribution >= 4 is 15.5 Å². The molecule has 0 saturated carbocycles. The first kappa shape index (κ1) is 17.3. The van der Waals surface area contributed by atoms with Crippen molar-refractivity contribution in [2.24, 2.45) is 0 Å². The number of hydrogen-bond donors (Lipinski definition) is 2. The standard InChI is InChI=1S/C14H11N5O6S/c1-25-12-7-10(6-11(13(12)20)19(21)22)26(23,24)9-4-2-3-8(5-9)14-15-17-18-16-14/h2-7,20H,1H3,(H,15,16,17,18). The number of aromatic hydroxyl groups is 1. The minimum atomic E-state index is -4.14. The Morgan fingerprint density at radius 1 is 1.23 bits per heavy atom. The quantitative estimate of drug-likeness (QED) is 0.493. The second-order valence-corrected chi connectivity index (χ2v) is 6.97. The summed E-state index contributed by atoms with van der Waals surface area (Å²) in [5, 5.41) is 34.1. The van der Waals surface area contributed by atoms with Crippen LogP contribution in [0.15, 0.2) is 46.2 Å². The van der Waals surface area contributed by atoms with Crippen LogP contribution >= 0.6 is 0 Å². The number of ether oxygens (including phenoxy) is 1. The molecule has 0 aliphatic heterocycles. The summed E-state index contributed by atoms with van der Waals surface area (Å²) >= 11 is 0. The second kappa shape index (κ2) is 6.40. The van der Waals surface area contributed by atoms with Crippen molar-refractivity contribution in [2.75, 3.05) is 7.11 Å². The monoisotopic (exact) mass is 377 g/mol. The summed E-state index contributed by atoms with van der Waals surface area (Å²) in [6, 6.07) is 7.48. The Morgan fingerprint density at radius 2 is 2.00 bits per heavy atom. The lowest BCUT2D eigenvalue weighted by molar-refractivity contribution is -0.386. The van der Waals surface area contributed by atoms with Gasteiger partial charge >= 0.3 is 5.69 Å². The summed E-state index contributed by atoms with van der Waals surface area (Å²) in [6.45, 7) is 0. The third kappa shape index (κ3) is 2.93. The molecular weight excluding hydrogens is 366 g/mol. The fourth-order valence-corrected chi connectivity index (χ4v) is 3.58. The van der Waals surface area contributed by atoms with Crippen LogP contribution in [-0.4, -0.2) is 46.2 Å². The average Bonchev–Trinajstić information content (AvgIpc) is 3.16. The van der Waals surface area contributed by atoms with E-state index in [1.54, 1.807) is 6.07 Å². The highest BCUT2D eigenvalue weighted by Gasteiger charge is 2.27. The van der Waals surface area contributed by atoms with Crippen LogP contribution in [0.1, 0.15) is 0 Å². The Balaban J connectivity index is 2.16. The number of hydrogen-bond acceptors (Lipinski definition) is 9. The maximum absolute atomic E-state index is 12.9. The zero-order chi connectivity index (χ0) is 18.9. The number of nitro benzene ring substituents is 1. The Kier molecular flexibility index (Phi) is 4.26. The summed E-state index contributed by atoms with van der Waals surface area (Å²) in [4.78, 5) is 9.65. The first-order valence-electron chi connectivity index (χ1n) is 6.99. The van der Waals surface area contributed by atoms with E-state index in [1.165, 1.54) is 18.2 Å². The number of sulfone groups is 1. The lowest BCUT2D eigenvalue weighted by Crippen LogP contribution is -2.04. The maximum atomic E-state index is 12.9. The molecule has 26 heavy (non-hydrogen) atoms. The van der Waals surface area contributed by atoms with Crippen LogP contribution in [0.5, 0.6) is 11.5 Å². The van der Waals surface area contributed by atoms with Gasteiger partial charge in [0.2, 0.25) is 21.4 Å². The summed E-state index contributed by atoms with van der Waals surface area (Å²) in [7, 11) is -2.98. The van der Waals surface area contributed by atoms with Crippen molar-refractivity contribution in [3.63, 3.8) is 0 Å². The highest BCUT2D eigenvalue weighted by atomic mass is 32.2. The van der Waals surface area contributed by atoms with E-state index in [9.17, 15) is 23.6 Å². The lowest BCUT2D eigenvalue weighted by Gasteiger charge is -2.09. The average molecular weight is 377 g/mol. The summed E-state index contributed by atoms with van der Waals surface area (Å²) in [5.74, 6) is -0.889. The van der Waals surface area contributed by atoms with E-state index in [2.05, 4.69) is 20.6 Å². The molecule has 0 bridgehead atoms. The second-order valence-electron chi connectivity index (χ2n) is 5.02. The van der Waals surface area contributed by atoms with Gasteiger partial charge in [-0.05, 0) is 17.3 Å². The van der Waals surface area contributed by atoms with Crippen molar-refractivity contribution in [3.8, 4) is 22.9 Å². The van der Waals surface area contributed by atoms with Gasteiger partial charge < -0.3 is 9.84 Å². The van der Waals surface area contributed by atoms with Crippen LogP contribution < -0.4 is 4.74 Å². The number of aromatic amines is 1. The summed E-state index contributed by atoms with van der Waals surface area (Å²) in [6.07, 6.45) is 0. The maximum Gasteiger partial charge on any atom is 0.315 e. The molecule has 1 heterocycles. The number of nitrogens with one attached hydrogen (secondary N) is 1. The fourth-order valence-electron chi connectivity index (χ4n) is 2.24. The van der Waals surface area contributed by atoms with Gasteiger partial charge in [-0.3, -0.25) is 10.1 Å². The number of benzene rings is 2. The normalized spacial score (nSPS) is 11.3. The van der Waals surface area contributed by atoms with Gasteiger partial charge in [-0.1, -0.05) is 12.1 Å². The molecule has 3 aromatic rings. The van der Waals surface area contributed by atoms with Gasteiger partial charge in [-0.2, -0.15) is 5.21 Å². The summed E-state index contributed by atoms with van der Waals surface area (Å²) < 4.78 is 30.6. The predicted molar refractivity (Wildman–Crippen MR) is 86.4 cm³/mol. The largest absolute Gasteiger partial charge is 0.500 e. The van der Waals surface area contributed by atoms with E-state index in [1.807, 2.05) is 0 Å². The van der Waals surface area contributed by atoms with Crippen molar-refractivity contribution in [1.29, 1.82) is 0 Å². The van der Waals surface area contributed by atoms with Gasteiger partial charge in [-0.25, -0.2) is 8.42 Å². The molecule has 0 aliphatic rings. The topological polar surface area (TPSA) is 161 Å². The van der Waals surface area contributed by atoms with Gasteiger partial charge in [0, 0.05) is 17.7 Å². The lowest BCUT2D eigenvalue weighted by atomic mass is 10.2. The molecule has 0 saturated heterocycles. The third-order valence-electron chi connectivity index (χ3n) is 3.50. The van der Waals surface area contributed by atoms with E-state index in [0.717, 1.165) is 19.2 Å². The molecule has 0 atom stereocenters. The van der Waals surface area contributed by atoms with Crippen LogP contribution in [0.4, 0.5) is 5.69 Å². The van der Waals surface area contributed by atoms with E-state index in [4.69, 9.17) is 4.74 Å². The van der Waals surface area contributed by atoms with Crippen LogP contribution in [0, 0.1) is 10.1 Å². The van der Waals surface area contributed by atoms with Gasteiger partial charge in [0.1, 0.15) is 0 Å². The molecule has 0 unspecified atom stereocenters. The molecule has 0 aliphatic carbocycles. The van der Waals surface area contributed by atoms with E-state index >= 15 is 0 Å². The minimum absolute atomic E-state index is 0.137. The van der Waals surface area contributed by atoms with Crippen molar-refractivity contribution in [2.45, 2.75) is 9.79 Å². The molecule has 0 spiro atoms. The van der Waals surface area contributed by atoms with Gasteiger partial charge in [-0.15, -0.1) is 10.2 Å². The molecule has 0 amide bonds. The number of nitrogens with zero attached hydrogens (tertiary/aromatic N) is 4. The number of nitro groups is 1. The predicted octanol–water partition coefficient (Wildman–Crippen LogP) is 1.32. The van der Waals surface area contributed by atoms with Crippen molar-refractivity contribution < 1.29 is 23.2 Å². The summed E-state index contributed by atoms with van der Waals surface area (Å²) in [5.41, 5.74) is -0.391. The number of methoxy groups -OCH3 is 1. The molecular formula is C14H11N5O6S. The Labute approximate surface area is 146 Å². The zero-order valence-electron chi connectivity index (χ0n) is 13.1. The molecule has 134 valence electrons. The number of aromatic nitrogens is 4. The van der Waals surface area contributed by atoms with Crippen molar-refractivity contribution in [1.82, 2.24) is 20.6 Å². The van der Waals surface area contributed by atoms with Gasteiger partial charge in [0.25, 0.3) is 0 Å². The third-order valence-corrected chi connectivity index (χ3v) is 5.23. The number of phenols is 1. The van der Waals surface area contributed by atoms with E-state index in [-0.39, 0.29) is 16.5 Å². The molecule has 12 heteroatoms. The Morgan fingerprint density at radius 3 is 2.62 bits per heavy atom. The molecule has 0 radical (unpaired) electrons. The zero-order valence-corrected chi connectivity index (χ0v) is 14.0. The smallest absolute Gasteiger partial charge is 0.315 e. The molecule has 2 N–H and O–H groups in total. The van der Waals surface area contributed by atoms with Crippen LogP contribution in [0.2, 0.25) is 0 Å². The minimum Gasteiger partial charge on any atom is -0.500 e. The SMILES string of the molecule is COc1cc(S(=O)(=O)c2cccc(-c3nn[nH]n3)c2)cc([N+](=O)[O-])c1O. The van der Waals surface area contributed by atoms with Gasteiger partial charge in [0.05, 0.1) is 21.8 Å². The Bertz CT molecular complexity index is 1080. The fraction of sp³-hybridized carbons (Fsp3) is 0.0714. The molecule has 1 aromatic heterocycles. The number of tetrazole rings is 1. The van der Waals surface area contributed by atoms with Crippen LogP contribution in [-0.2, 0) is 9.84 Å². The van der Waals surface area contributed by atoms with Gasteiger partial charge in [0.15, 0.2) is 5.75 Å². The van der Waals surface area contributed by atoms with Crippen molar-refractivity contribution in [3.05, 3.63) is 46.5 Å². The first-order chi connectivity index (χ1) is 12.3.